The fraction of sp³-hybridized carbons (Fsp3) is 0.304. The molecule has 0 radical (unpaired) electrons. The molecule has 1 fully saturated rings. The lowest BCUT2D eigenvalue weighted by Gasteiger charge is -2.10. The molecule has 1 aliphatic carbocycles. The van der Waals surface area contributed by atoms with Gasteiger partial charge in [0.1, 0.15) is 11.5 Å². The molecule has 1 aliphatic rings. The van der Waals surface area contributed by atoms with Crippen LogP contribution in [0.4, 0.5) is 5.69 Å². The van der Waals surface area contributed by atoms with Crippen molar-refractivity contribution in [1.82, 2.24) is 10.7 Å². The summed E-state index contributed by atoms with van der Waals surface area (Å²) in [4.78, 5) is 35.7. The number of hydrogen-bond donors (Lipinski definition) is 3. The van der Waals surface area contributed by atoms with Crippen molar-refractivity contribution < 1.29 is 23.9 Å². The maximum Gasteiger partial charge on any atom is 0.329 e. The van der Waals surface area contributed by atoms with Crippen LogP contribution in [0.15, 0.2) is 53.6 Å². The molecule has 3 rings (SSSR count). The third-order valence-corrected chi connectivity index (χ3v) is 4.91. The van der Waals surface area contributed by atoms with Crippen LogP contribution in [0.5, 0.6) is 11.5 Å². The van der Waals surface area contributed by atoms with Crippen molar-refractivity contribution in [2.45, 2.75) is 31.7 Å². The number of hydrogen-bond acceptors (Lipinski definition) is 6. The number of hydrazone groups is 1. The number of carbonyl (C=O) groups is 3. The van der Waals surface area contributed by atoms with E-state index in [0.717, 1.165) is 25.7 Å². The van der Waals surface area contributed by atoms with Gasteiger partial charge in [-0.15, -0.1) is 0 Å². The summed E-state index contributed by atoms with van der Waals surface area (Å²) in [5.41, 5.74) is 3.47. The van der Waals surface area contributed by atoms with Crippen molar-refractivity contribution in [1.29, 1.82) is 0 Å². The van der Waals surface area contributed by atoms with Gasteiger partial charge in [-0.2, -0.15) is 5.10 Å². The van der Waals surface area contributed by atoms with Gasteiger partial charge in [0, 0.05) is 6.04 Å². The van der Waals surface area contributed by atoms with Crippen molar-refractivity contribution in [3.63, 3.8) is 0 Å². The molecule has 32 heavy (non-hydrogen) atoms. The molecule has 0 bridgehead atoms. The Morgan fingerprint density at radius 3 is 2.47 bits per heavy atom. The topological polar surface area (TPSA) is 118 Å². The molecule has 2 aromatic carbocycles. The van der Waals surface area contributed by atoms with Crippen LogP contribution >= 0.6 is 0 Å². The second kappa shape index (κ2) is 11.5. The number of benzene rings is 2. The zero-order chi connectivity index (χ0) is 22.8. The molecule has 3 amide bonds. The third kappa shape index (κ3) is 6.83. The Morgan fingerprint density at radius 2 is 1.75 bits per heavy atom. The molecular weight excluding hydrogens is 412 g/mol. The summed E-state index contributed by atoms with van der Waals surface area (Å²) in [5, 5.41) is 9.23. The molecule has 9 nitrogen and oxygen atoms in total. The predicted octanol–water partition coefficient (Wildman–Crippen LogP) is 2.22. The normalized spacial score (nSPS) is 13.5. The van der Waals surface area contributed by atoms with Gasteiger partial charge in [0.25, 0.3) is 5.91 Å². The highest BCUT2D eigenvalue weighted by Gasteiger charge is 2.20. The lowest BCUT2D eigenvalue weighted by atomic mass is 10.2. The minimum absolute atomic E-state index is 0.0709. The number of anilines is 1. The van der Waals surface area contributed by atoms with Gasteiger partial charge in [0.2, 0.25) is 0 Å². The predicted molar refractivity (Wildman–Crippen MR) is 120 cm³/mol. The molecule has 3 N–H and O–H groups in total. The Morgan fingerprint density at radius 1 is 1.03 bits per heavy atom. The molecule has 0 heterocycles. The lowest BCUT2D eigenvalue weighted by Crippen LogP contribution is -2.42. The number of methoxy groups -OCH3 is 1. The maximum absolute atomic E-state index is 12.1. The van der Waals surface area contributed by atoms with Gasteiger partial charge in [-0.1, -0.05) is 25.0 Å². The van der Waals surface area contributed by atoms with E-state index in [1.165, 1.54) is 13.3 Å². The maximum atomic E-state index is 12.1. The first-order chi connectivity index (χ1) is 15.5. The zero-order valence-corrected chi connectivity index (χ0v) is 17.8. The highest BCUT2D eigenvalue weighted by molar-refractivity contribution is 6.35. The van der Waals surface area contributed by atoms with Crippen LogP contribution in [-0.2, 0) is 14.4 Å². The first-order valence-electron chi connectivity index (χ1n) is 10.3. The van der Waals surface area contributed by atoms with Gasteiger partial charge in [-0.3, -0.25) is 14.4 Å². The lowest BCUT2D eigenvalue weighted by molar-refractivity contribution is -0.139. The number of nitrogens with one attached hydrogen (secondary N) is 3. The largest absolute Gasteiger partial charge is 0.495 e. The fourth-order valence-electron chi connectivity index (χ4n) is 3.27. The Balaban J connectivity index is 1.41. The second-order valence-corrected chi connectivity index (χ2v) is 7.26. The summed E-state index contributed by atoms with van der Waals surface area (Å²) in [7, 11) is 1.53. The molecule has 0 unspecified atom stereocenters. The number of para-hydroxylation sites is 2. The molecule has 2 aromatic rings. The van der Waals surface area contributed by atoms with E-state index in [0.29, 0.717) is 22.7 Å². The second-order valence-electron chi connectivity index (χ2n) is 7.26. The standard InChI is InChI=1S/C23H26N4O5/c1-31-20-9-5-4-8-19(20)26-21(28)15-32-18-12-10-16(11-13-18)14-24-27-23(30)22(29)25-17-6-2-3-7-17/h4-5,8-14,17H,2-3,6-7,15H2,1H3,(H,25,29)(H,26,28)(H,27,30)/b24-14-. The van der Waals surface area contributed by atoms with Gasteiger partial charge in [0.15, 0.2) is 6.61 Å². The molecule has 1 saturated carbocycles. The van der Waals surface area contributed by atoms with E-state index in [-0.39, 0.29) is 18.6 Å². The minimum atomic E-state index is -0.797. The number of amides is 3. The molecule has 0 aromatic heterocycles. The Hall–Kier alpha value is -3.88. The average Bonchev–Trinajstić information content (AvgIpc) is 3.32. The quantitative estimate of drug-likeness (QED) is 0.332. The van der Waals surface area contributed by atoms with E-state index in [2.05, 4.69) is 21.2 Å². The van der Waals surface area contributed by atoms with E-state index in [1.807, 2.05) is 6.07 Å². The number of rotatable bonds is 8. The highest BCUT2D eigenvalue weighted by atomic mass is 16.5. The molecule has 0 atom stereocenters. The molecule has 9 heteroatoms. The van der Waals surface area contributed by atoms with Crippen molar-refractivity contribution >= 4 is 29.6 Å². The Bertz CT molecular complexity index is 969. The first-order valence-corrected chi connectivity index (χ1v) is 10.3. The number of carbonyl (C=O) groups excluding carboxylic acids is 3. The SMILES string of the molecule is COc1ccccc1NC(=O)COc1ccc(/C=N\NC(=O)C(=O)NC2CCCC2)cc1. The first kappa shape index (κ1) is 22.8. The summed E-state index contributed by atoms with van der Waals surface area (Å²) in [6.45, 7) is -0.169. The minimum Gasteiger partial charge on any atom is -0.495 e. The van der Waals surface area contributed by atoms with Gasteiger partial charge in [0.05, 0.1) is 19.0 Å². The van der Waals surface area contributed by atoms with E-state index in [9.17, 15) is 14.4 Å². The summed E-state index contributed by atoms with van der Waals surface area (Å²) >= 11 is 0. The van der Waals surface area contributed by atoms with Crippen molar-refractivity contribution in [2.75, 3.05) is 19.0 Å². The molecule has 0 spiro atoms. The van der Waals surface area contributed by atoms with Crippen LogP contribution in [0.1, 0.15) is 31.2 Å². The van der Waals surface area contributed by atoms with Gasteiger partial charge in [-0.25, -0.2) is 5.43 Å². The Labute approximate surface area is 186 Å². The van der Waals surface area contributed by atoms with Gasteiger partial charge < -0.3 is 20.1 Å². The highest BCUT2D eigenvalue weighted by Crippen LogP contribution is 2.23. The summed E-state index contributed by atoms with van der Waals surface area (Å²) < 4.78 is 10.7. The van der Waals surface area contributed by atoms with Crippen LogP contribution in [0.3, 0.4) is 0 Å². The average molecular weight is 438 g/mol. The summed E-state index contributed by atoms with van der Waals surface area (Å²) in [6, 6.07) is 13.9. The van der Waals surface area contributed by atoms with E-state index in [4.69, 9.17) is 9.47 Å². The van der Waals surface area contributed by atoms with E-state index >= 15 is 0 Å². The van der Waals surface area contributed by atoms with Gasteiger partial charge in [-0.05, 0) is 54.8 Å². The van der Waals surface area contributed by atoms with Crippen LogP contribution in [0.2, 0.25) is 0 Å². The van der Waals surface area contributed by atoms with Crippen LogP contribution in [0.25, 0.3) is 0 Å². The zero-order valence-electron chi connectivity index (χ0n) is 17.8. The van der Waals surface area contributed by atoms with Gasteiger partial charge >= 0.3 is 11.8 Å². The van der Waals surface area contributed by atoms with Crippen LogP contribution < -0.4 is 25.5 Å². The van der Waals surface area contributed by atoms with Crippen LogP contribution in [0, 0.1) is 0 Å². The van der Waals surface area contributed by atoms with Crippen molar-refractivity contribution in [3.05, 3.63) is 54.1 Å². The third-order valence-electron chi connectivity index (χ3n) is 4.91. The summed E-state index contributed by atoms with van der Waals surface area (Å²) in [5.74, 6) is -0.734. The Kier molecular flexibility index (Phi) is 8.19. The van der Waals surface area contributed by atoms with E-state index < -0.39 is 11.8 Å². The monoisotopic (exact) mass is 438 g/mol. The van der Waals surface area contributed by atoms with Crippen LogP contribution in [-0.4, -0.2) is 43.7 Å². The van der Waals surface area contributed by atoms with Crippen molar-refractivity contribution in [3.8, 4) is 11.5 Å². The molecule has 168 valence electrons. The number of ether oxygens (including phenoxy) is 2. The van der Waals surface area contributed by atoms with E-state index in [1.54, 1.807) is 42.5 Å². The van der Waals surface area contributed by atoms with Crippen molar-refractivity contribution in [2.24, 2.45) is 5.10 Å². The molecule has 0 saturated heterocycles. The molecule has 0 aliphatic heterocycles. The number of nitrogens with zero attached hydrogens (tertiary/aromatic N) is 1. The summed E-state index contributed by atoms with van der Waals surface area (Å²) in [6.07, 6.45) is 5.35. The fourth-order valence-corrected chi connectivity index (χ4v) is 3.27. The molecular formula is C23H26N4O5. The smallest absolute Gasteiger partial charge is 0.329 e.